The molecule has 1 aliphatic carbocycles. The number of hydrogen-bond donors (Lipinski definition) is 2. The summed E-state index contributed by atoms with van der Waals surface area (Å²) in [5.74, 6) is 0.564. The molecule has 1 saturated carbocycles. The number of carboxylic acid groups (broad SMARTS) is 1. The van der Waals surface area contributed by atoms with Crippen LogP contribution in [0.2, 0.25) is 0 Å². The Labute approximate surface area is 122 Å². The summed E-state index contributed by atoms with van der Waals surface area (Å²) in [5, 5.41) is 12.6. The van der Waals surface area contributed by atoms with Gasteiger partial charge in [-0.05, 0) is 49.3 Å². The first kappa shape index (κ1) is 14.4. The lowest BCUT2D eigenvalue weighted by Crippen LogP contribution is -2.30. The maximum Gasteiger partial charge on any atom is 0.335 e. The maximum absolute atomic E-state index is 11.1. The highest BCUT2D eigenvalue weighted by Gasteiger charge is 2.23. The maximum atomic E-state index is 11.1. The Morgan fingerprint density at radius 2 is 1.84 bits per heavy atom. The molecule has 2 unspecified atom stereocenters. The first-order valence-electron chi connectivity index (χ1n) is 6.74. The summed E-state index contributed by atoms with van der Waals surface area (Å²) in [6.45, 7) is 4.57. The van der Waals surface area contributed by atoms with Crippen LogP contribution in [-0.2, 0) is 0 Å². The van der Waals surface area contributed by atoms with Gasteiger partial charge in [0.25, 0.3) is 0 Å². The second kappa shape index (κ2) is 5.95. The van der Waals surface area contributed by atoms with Gasteiger partial charge in [-0.3, -0.25) is 0 Å². The van der Waals surface area contributed by atoms with E-state index in [0.29, 0.717) is 11.6 Å². The Morgan fingerprint density at radius 3 is 2.42 bits per heavy atom. The number of aromatic carboxylic acids is 1. The van der Waals surface area contributed by atoms with Gasteiger partial charge in [0, 0.05) is 16.2 Å². The predicted molar refractivity (Wildman–Crippen MR) is 80.7 cm³/mol. The number of carbonyl (C=O) groups is 1. The number of halogens is 1. The molecule has 4 heteroatoms. The largest absolute Gasteiger partial charge is 0.478 e. The van der Waals surface area contributed by atoms with Crippen molar-refractivity contribution in [3.05, 3.63) is 28.2 Å². The average Bonchev–Trinajstić information content (AvgIpc) is 2.26. The molecule has 1 fully saturated rings. The number of benzene rings is 1. The van der Waals surface area contributed by atoms with Gasteiger partial charge >= 0.3 is 5.97 Å². The minimum Gasteiger partial charge on any atom is -0.478 e. The van der Waals surface area contributed by atoms with Gasteiger partial charge in [0.2, 0.25) is 0 Å². The van der Waals surface area contributed by atoms with E-state index in [1.54, 1.807) is 12.1 Å². The molecule has 1 aromatic carbocycles. The summed E-state index contributed by atoms with van der Waals surface area (Å²) in [5.41, 5.74) is 1.20. The molecular weight excluding hydrogens is 306 g/mol. The molecule has 0 heterocycles. The monoisotopic (exact) mass is 325 g/mol. The van der Waals surface area contributed by atoms with E-state index in [9.17, 15) is 4.79 Å². The highest BCUT2D eigenvalue weighted by Crippen LogP contribution is 2.31. The standard InChI is InChI=1S/C15H20BrNO2/c1-9-3-10(2)5-13(4-9)17-14-7-11(15(18)19)6-12(16)8-14/h6-10,13,17H,3-5H2,1-2H3,(H,18,19). The van der Waals surface area contributed by atoms with Crippen LogP contribution in [-0.4, -0.2) is 17.1 Å². The molecule has 1 aromatic rings. The van der Waals surface area contributed by atoms with E-state index in [2.05, 4.69) is 35.1 Å². The molecule has 0 saturated heterocycles. The Kier molecular flexibility index (Phi) is 4.50. The van der Waals surface area contributed by atoms with Gasteiger partial charge in [-0.2, -0.15) is 0 Å². The fourth-order valence-electron chi connectivity index (χ4n) is 3.10. The minimum atomic E-state index is -0.894. The van der Waals surface area contributed by atoms with Crippen molar-refractivity contribution >= 4 is 27.6 Å². The highest BCUT2D eigenvalue weighted by atomic mass is 79.9. The molecule has 2 atom stereocenters. The topological polar surface area (TPSA) is 49.3 Å². The molecule has 104 valence electrons. The van der Waals surface area contributed by atoms with Crippen LogP contribution in [0.5, 0.6) is 0 Å². The molecule has 0 aliphatic heterocycles. The summed E-state index contributed by atoms with van der Waals surface area (Å²) in [4.78, 5) is 11.1. The molecule has 0 aromatic heterocycles. The summed E-state index contributed by atoms with van der Waals surface area (Å²) in [7, 11) is 0. The van der Waals surface area contributed by atoms with Crippen molar-refractivity contribution in [2.45, 2.75) is 39.2 Å². The zero-order chi connectivity index (χ0) is 14.0. The first-order chi connectivity index (χ1) is 8.94. The molecule has 19 heavy (non-hydrogen) atoms. The first-order valence-corrected chi connectivity index (χ1v) is 7.53. The Morgan fingerprint density at radius 1 is 1.21 bits per heavy atom. The van der Waals surface area contributed by atoms with E-state index >= 15 is 0 Å². The Hall–Kier alpha value is -1.03. The molecular formula is C15H20BrNO2. The summed E-state index contributed by atoms with van der Waals surface area (Å²) in [6, 6.07) is 5.71. The van der Waals surface area contributed by atoms with Gasteiger partial charge in [-0.25, -0.2) is 4.79 Å². The molecule has 2 N–H and O–H groups in total. The summed E-state index contributed by atoms with van der Waals surface area (Å²) in [6.07, 6.45) is 3.59. The normalized spacial score (nSPS) is 27.0. The van der Waals surface area contributed by atoms with Crippen LogP contribution in [0.15, 0.2) is 22.7 Å². The third-order valence-electron chi connectivity index (χ3n) is 3.69. The number of nitrogens with one attached hydrogen (secondary N) is 1. The third kappa shape index (κ3) is 3.96. The number of anilines is 1. The van der Waals surface area contributed by atoms with Gasteiger partial charge in [-0.15, -0.1) is 0 Å². The van der Waals surface area contributed by atoms with Gasteiger partial charge in [0.15, 0.2) is 0 Å². The van der Waals surface area contributed by atoms with Crippen LogP contribution < -0.4 is 5.32 Å². The Balaban J connectivity index is 2.12. The van der Waals surface area contributed by atoms with Crippen molar-refractivity contribution in [2.75, 3.05) is 5.32 Å². The van der Waals surface area contributed by atoms with E-state index in [0.717, 1.165) is 34.8 Å². The zero-order valence-electron chi connectivity index (χ0n) is 11.3. The minimum absolute atomic E-state index is 0.314. The van der Waals surface area contributed by atoms with E-state index < -0.39 is 5.97 Å². The van der Waals surface area contributed by atoms with Gasteiger partial charge in [0.1, 0.15) is 0 Å². The SMILES string of the molecule is CC1CC(C)CC(Nc2cc(Br)cc(C(=O)O)c2)C1. The Bertz CT molecular complexity index is 465. The quantitative estimate of drug-likeness (QED) is 0.866. The molecule has 0 radical (unpaired) electrons. The predicted octanol–water partition coefficient (Wildman–Crippen LogP) is 4.38. The molecule has 3 nitrogen and oxygen atoms in total. The molecule has 0 bridgehead atoms. The van der Waals surface area contributed by atoms with Gasteiger partial charge < -0.3 is 10.4 Å². The zero-order valence-corrected chi connectivity index (χ0v) is 12.9. The van der Waals surface area contributed by atoms with Crippen LogP contribution in [0.3, 0.4) is 0 Å². The fraction of sp³-hybridized carbons (Fsp3) is 0.533. The van der Waals surface area contributed by atoms with E-state index in [-0.39, 0.29) is 0 Å². The van der Waals surface area contributed by atoms with Crippen molar-refractivity contribution in [1.29, 1.82) is 0 Å². The molecule has 1 aliphatic rings. The second-order valence-electron chi connectivity index (χ2n) is 5.79. The number of carboxylic acids is 1. The smallest absolute Gasteiger partial charge is 0.335 e. The van der Waals surface area contributed by atoms with Crippen molar-refractivity contribution in [2.24, 2.45) is 11.8 Å². The van der Waals surface area contributed by atoms with Crippen LogP contribution in [0.1, 0.15) is 43.5 Å². The van der Waals surface area contributed by atoms with Gasteiger partial charge in [-0.1, -0.05) is 29.8 Å². The fourth-order valence-corrected chi connectivity index (χ4v) is 3.59. The third-order valence-corrected chi connectivity index (χ3v) is 4.15. The lowest BCUT2D eigenvalue weighted by atomic mass is 9.80. The lowest BCUT2D eigenvalue weighted by molar-refractivity contribution is 0.0697. The molecule has 0 spiro atoms. The number of hydrogen-bond acceptors (Lipinski definition) is 2. The highest BCUT2D eigenvalue weighted by molar-refractivity contribution is 9.10. The number of rotatable bonds is 3. The molecule has 2 rings (SSSR count). The average molecular weight is 326 g/mol. The van der Waals surface area contributed by atoms with Crippen LogP contribution in [0, 0.1) is 11.8 Å². The van der Waals surface area contributed by atoms with E-state index in [1.165, 1.54) is 6.42 Å². The van der Waals surface area contributed by atoms with Crippen LogP contribution >= 0.6 is 15.9 Å². The van der Waals surface area contributed by atoms with Crippen molar-refractivity contribution in [3.63, 3.8) is 0 Å². The van der Waals surface area contributed by atoms with Crippen molar-refractivity contribution < 1.29 is 9.90 Å². The summed E-state index contributed by atoms with van der Waals surface area (Å²) < 4.78 is 0.798. The van der Waals surface area contributed by atoms with E-state index in [1.807, 2.05) is 6.07 Å². The lowest BCUT2D eigenvalue weighted by Gasteiger charge is -2.32. The van der Waals surface area contributed by atoms with E-state index in [4.69, 9.17) is 5.11 Å². The van der Waals surface area contributed by atoms with Crippen molar-refractivity contribution in [1.82, 2.24) is 0 Å². The molecule has 0 amide bonds. The van der Waals surface area contributed by atoms with Crippen LogP contribution in [0.4, 0.5) is 5.69 Å². The second-order valence-corrected chi connectivity index (χ2v) is 6.71. The van der Waals surface area contributed by atoms with Gasteiger partial charge in [0.05, 0.1) is 5.56 Å². The van der Waals surface area contributed by atoms with Crippen molar-refractivity contribution in [3.8, 4) is 0 Å². The summed E-state index contributed by atoms with van der Waals surface area (Å²) >= 11 is 3.37. The van der Waals surface area contributed by atoms with Crippen LogP contribution in [0.25, 0.3) is 0 Å².